The van der Waals surface area contributed by atoms with Crippen LogP contribution in [0.4, 0.5) is 10.6 Å². The van der Waals surface area contributed by atoms with Gasteiger partial charge in [0.25, 0.3) is 0 Å². The minimum absolute atomic E-state index is 0.265. The highest BCUT2D eigenvalue weighted by Crippen LogP contribution is 2.16. The van der Waals surface area contributed by atoms with E-state index in [0.717, 1.165) is 0 Å². The largest absolute Gasteiger partial charge is 0.465 e. The topological polar surface area (TPSA) is 123 Å². The molecule has 1 aliphatic heterocycles. The van der Waals surface area contributed by atoms with E-state index in [1.165, 1.54) is 18.0 Å². The first-order chi connectivity index (χ1) is 11.1. The number of hydrogen-bond acceptors (Lipinski definition) is 8. The summed E-state index contributed by atoms with van der Waals surface area (Å²) in [5.41, 5.74) is 0.388. The number of aldehydes is 1. The third-order valence-corrected chi connectivity index (χ3v) is 3.63. The number of rotatable bonds is 7. The zero-order valence-corrected chi connectivity index (χ0v) is 13.3. The van der Waals surface area contributed by atoms with Crippen LogP contribution in [0.5, 0.6) is 0 Å². The Balaban J connectivity index is 1.77. The van der Waals surface area contributed by atoms with Crippen molar-refractivity contribution in [2.75, 3.05) is 31.3 Å². The maximum Gasteiger partial charge on any atom is 0.405 e. The van der Waals surface area contributed by atoms with Crippen molar-refractivity contribution in [2.24, 2.45) is 0 Å². The number of carboxylic acid groups (broad SMARTS) is 1. The number of anilines is 1. The molecule has 0 atom stereocenters. The Morgan fingerprint density at radius 3 is 2.87 bits per heavy atom. The minimum Gasteiger partial charge on any atom is -0.465 e. The molecule has 1 fully saturated rings. The van der Waals surface area contributed by atoms with Crippen molar-refractivity contribution in [3.63, 3.8) is 0 Å². The van der Waals surface area contributed by atoms with Gasteiger partial charge in [-0.15, -0.1) is 0 Å². The van der Waals surface area contributed by atoms with E-state index in [1.807, 2.05) is 6.26 Å². The molecule has 0 radical (unpaired) electrons. The molecule has 23 heavy (non-hydrogen) atoms. The highest BCUT2D eigenvalue weighted by atomic mass is 32.2. The number of hydrogen-bond donors (Lipinski definition) is 3. The molecule has 0 aromatic carbocycles. The van der Waals surface area contributed by atoms with E-state index in [-0.39, 0.29) is 19.3 Å². The fraction of sp³-hybridized carbons (Fsp3) is 0.538. The lowest BCUT2D eigenvalue weighted by molar-refractivity contribution is -0.189. The summed E-state index contributed by atoms with van der Waals surface area (Å²) in [5, 5.41) is 14.6. The van der Waals surface area contributed by atoms with E-state index < -0.39 is 12.4 Å². The molecular weight excluding hydrogens is 324 g/mol. The number of aromatic nitrogens is 2. The first-order valence-corrected chi connectivity index (χ1v) is 8.17. The minimum atomic E-state index is -1.10. The van der Waals surface area contributed by atoms with Gasteiger partial charge >= 0.3 is 6.09 Å². The number of carbonyl (C=O) groups excluding carboxylic acids is 1. The molecule has 0 bridgehead atoms. The molecule has 2 rings (SSSR count). The smallest absolute Gasteiger partial charge is 0.405 e. The van der Waals surface area contributed by atoms with Crippen molar-refractivity contribution >= 4 is 30.0 Å². The number of thioether (sulfide) groups is 1. The summed E-state index contributed by atoms with van der Waals surface area (Å²) in [4.78, 5) is 29.8. The highest BCUT2D eigenvalue weighted by molar-refractivity contribution is 7.98. The van der Waals surface area contributed by atoms with E-state index in [1.54, 1.807) is 0 Å². The summed E-state index contributed by atoms with van der Waals surface area (Å²) in [6, 6.07) is -0.357. The Bertz CT molecular complexity index is 551. The molecule has 0 spiro atoms. The van der Waals surface area contributed by atoms with Crippen molar-refractivity contribution in [3.8, 4) is 0 Å². The van der Waals surface area contributed by atoms with Crippen LogP contribution in [-0.4, -0.2) is 65.8 Å². The fourth-order valence-corrected chi connectivity index (χ4v) is 2.32. The Morgan fingerprint density at radius 2 is 2.26 bits per heavy atom. The molecule has 1 amide bonds. The third kappa shape index (κ3) is 5.34. The zero-order chi connectivity index (χ0) is 16.7. The highest BCUT2D eigenvalue weighted by Gasteiger charge is 2.23. The van der Waals surface area contributed by atoms with Crippen LogP contribution in [0, 0.1) is 0 Å². The lowest BCUT2D eigenvalue weighted by atomic mass is 10.3. The quantitative estimate of drug-likeness (QED) is 0.375. The standard InChI is InChI=1S/C13H18N4O5S/c1-23-12-15-4-8(5-18)11(17-12)14-3-2-10-21-6-9(7-22-10)16-13(19)20/h4-5,9-10,16H,2-3,6-7H2,1H3,(H,19,20)(H,14,15,17)/t9-,10+. The zero-order valence-electron chi connectivity index (χ0n) is 12.5. The van der Waals surface area contributed by atoms with Gasteiger partial charge in [-0.05, 0) is 6.26 Å². The van der Waals surface area contributed by atoms with Crippen LogP contribution in [0.3, 0.4) is 0 Å². The van der Waals surface area contributed by atoms with Gasteiger partial charge in [0.05, 0.1) is 24.8 Å². The van der Waals surface area contributed by atoms with Crippen LogP contribution >= 0.6 is 11.8 Å². The Morgan fingerprint density at radius 1 is 1.52 bits per heavy atom. The van der Waals surface area contributed by atoms with Crippen LogP contribution in [0.25, 0.3) is 0 Å². The average Bonchev–Trinajstić information content (AvgIpc) is 2.56. The molecule has 9 nitrogen and oxygen atoms in total. The molecule has 0 saturated carbocycles. The molecule has 3 N–H and O–H groups in total. The van der Waals surface area contributed by atoms with Crippen LogP contribution in [0.1, 0.15) is 16.8 Å². The molecule has 1 saturated heterocycles. The van der Waals surface area contributed by atoms with Crippen molar-refractivity contribution < 1.29 is 24.2 Å². The number of carbonyl (C=O) groups is 2. The van der Waals surface area contributed by atoms with Gasteiger partial charge in [0.1, 0.15) is 5.82 Å². The molecule has 1 aromatic rings. The number of nitrogens with one attached hydrogen (secondary N) is 2. The van der Waals surface area contributed by atoms with E-state index in [4.69, 9.17) is 14.6 Å². The second-order valence-corrected chi connectivity index (χ2v) is 5.51. The lowest BCUT2D eigenvalue weighted by Crippen LogP contribution is -2.46. The maximum atomic E-state index is 11.0. The van der Waals surface area contributed by atoms with Gasteiger partial charge < -0.3 is 25.2 Å². The predicted molar refractivity (Wildman–Crippen MR) is 82.9 cm³/mol. The fourth-order valence-electron chi connectivity index (χ4n) is 1.98. The lowest BCUT2D eigenvalue weighted by Gasteiger charge is -2.29. The van der Waals surface area contributed by atoms with Crippen LogP contribution in [0.15, 0.2) is 11.4 Å². The van der Waals surface area contributed by atoms with Gasteiger partial charge in [-0.3, -0.25) is 4.79 Å². The number of ether oxygens (including phenoxy) is 2. The molecular formula is C13H18N4O5S. The molecule has 1 aliphatic rings. The van der Waals surface area contributed by atoms with Crippen molar-refractivity contribution in [2.45, 2.75) is 23.9 Å². The molecule has 10 heteroatoms. The normalized spacial score (nSPS) is 20.7. The number of nitrogens with zero attached hydrogens (tertiary/aromatic N) is 2. The first-order valence-electron chi connectivity index (χ1n) is 6.95. The Hall–Kier alpha value is -1.91. The summed E-state index contributed by atoms with van der Waals surface area (Å²) in [7, 11) is 0. The molecule has 126 valence electrons. The molecule has 0 aliphatic carbocycles. The second kappa shape index (κ2) is 8.65. The monoisotopic (exact) mass is 342 g/mol. The summed E-state index contributed by atoms with van der Waals surface area (Å²) >= 11 is 1.39. The average molecular weight is 342 g/mol. The molecule has 1 aromatic heterocycles. The predicted octanol–water partition coefficient (Wildman–Crippen LogP) is 0.822. The third-order valence-electron chi connectivity index (χ3n) is 3.07. The Labute approximate surface area is 137 Å². The van der Waals surface area contributed by atoms with Gasteiger partial charge in [0, 0.05) is 19.2 Å². The van der Waals surface area contributed by atoms with Gasteiger partial charge in [0.15, 0.2) is 17.7 Å². The summed E-state index contributed by atoms with van der Waals surface area (Å²) in [6.07, 6.45) is 3.04. The van der Waals surface area contributed by atoms with Crippen molar-refractivity contribution in [1.82, 2.24) is 15.3 Å². The van der Waals surface area contributed by atoms with Gasteiger partial charge in [-0.1, -0.05) is 11.8 Å². The second-order valence-electron chi connectivity index (χ2n) is 4.74. The van der Waals surface area contributed by atoms with Crippen LogP contribution < -0.4 is 10.6 Å². The Kier molecular flexibility index (Phi) is 6.56. The number of amides is 1. The van der Waals surface area contributed by atoms with Crippen LogP contribution in [0.2, 0.25) is 0 Å². The van der Waals surface area contributed by atoms with Gasteiger partial charge in [-0.2, -0.15) is 0 Å². The van der Waals surface area contributed by atoms with Gasteiger partial charge in [-0.25, -0.2) is 14.8 Å². The summed E-state index contributed by atoms with van der Waals surface area (Å²) < 4.78 is 10.9. The summed E-state index contributed by atoms with van der Waals surface area (Å²) in [6.45, 7) is 1.02. The first kappa shape index (κ1) is 17.4. The van der Waals surface area contributed by atoms with Gasteiger partial charge in [0.2, 0.25) is 0 Å². The molecule has 2 heterocycles. The van der Waals surface area contributed by atoms with E-state index in [0.29, 0.717) is 35.8 Å². The van der Waals surface area contributed by atoms with E-state index >= 15 is 0 Å². The molecule has 0 unspecified atom stereocenters. The SMILES string of the molecule is CSc1ncc(C=O)c(NCC[C@H]2OC[C@@H](NC(=O)O)CO2)n1. The maximum absolute atomic E-state index is 11.0. The van der Waals surface area contributed by atoms with Crippen molar-refractivity contribution in [3.05, 3.63) is 11.8 Å². The summed E-state index contributed by atoms with van der Waals surface area (Å²) in [5.74, 6) is 0.473. The van der Waals surface area contributed by atoms with E-state index in [9.17, 15) is 9.59 Å². The van der Waals surface area contributed by atoms with E-state index in [2.05, 4.69) is 20.6 Å². The van der Waals surface area contributed by atoms with Crippen molar-refractivity contribution in [1.29, 1.82) is 0 Å². The van der Waals surface area contributed by atoms with Crippen LogP contribution in [-0.2, 0) is 9.47 Å².